The predicted octanol–water partition coefficient (Wildman–Crippen LogP) is 5.24. The van der Waals surface area contributed by atoms with Gasteiger partial charge in [-0.1, -0.05) is 83.6 Å². The fraction of sp³-hybridized carbons (Fsp3) is 0.724. The van der Waals surface area contributed by atoms with Crippen LogP contribution in [0.3, 0.4) is 0 Å². The van der Waals surface area contributed by atoms with Crippen molar-refractivity contribution in [2.24, 2.45) is 5.92 Å². The molecule has 2 amide bonds. The van der Waals surface area contributed by atoms with Gasteiger partial charge in [-0.2, -0.15) is 0 Å². The molecule has 1 N–H and O–H groups in total. The van der Waals surface area contributed by atoms with Crippen molar-refractivity contribution >= 4 is 11.8 Å². The lowest BCUT2D eigenvalue weighted by Crippen LogP contribution is -2.73. The summed E-state index contributed by atoms with van der Waals surface area (Å²) in [6, 6.07) is 8.62. The zero-order chi connectivity index (χ0) is 24.1. The summed E-state index contributed by atoms with van der Waals surface area (Å²) >= 11 is 0. The quantitative estimate of drug-likeness (QED) is 0.569. The molecule has 1 aromatic rings. The molecule has 188 valence electrons. The van der Waals surface area contributed by atoms with E-state index in [1.807, 2.05) is 4.90 Å². The molecule has 3 aliphatic rings. The van der Waals surface area contributed by atoms with Gasteiger partial charge in [0, 0.05) is 26.2 Å². The minimum Gasteiger partial charge on any atom is -0.342 e. The van der Waals surface area contributed by atoms with E-state index in [-0.39, 0.29) is 17.9 Å². The Bertz CT molecular complexity index is 820. The number of nitrogens with zero attached hydrogens (tertiary/aromatic N) is 2. The molecule has 1 unspecified atom stereocenters. The second-order valence-corrected chi connectivity index (χ2v) is 11.3. The normalized spacial score (nSPS) is 24.1. The Hall–Kier alpha value is -1.88. The third-order valence-electron chi connectivity index (χ3n) is 8.57. The first kappa shape index (κ1) is 25.2. The lowest BCUT2D eigenvalue weighted by Gasteiger charge is -2.52. The van der Waals surface area contributed by atoms with E-state index in [4.69, 9.17) is 0 Å². The average Bonchev–Trinajstić information content (AvgIpc) is 2.85. The number of amides is 2. The number of hydrogen-bond acceptors (Lipinski definition) is 3. The van der Waals surface area contributed by atoms with Gasteiger partial charge in [-0.05, 0) is 48.6 Å². The summed E-state index contributed by atoms with van der Waals surface area (Å²) in [5.41, 5.74) is 2.03. The van der Waals surface area contributed by atoms with Crippen molar-refractivity contribution in [1.29, 1.82) is 0 Å². The summed E-state index contributed by atoms with van der Waals surface area (Å²) < 4.78 is 0. The minimum absolute atomic E-state index is 0.102. The molecule has 1 aromatic carbocycles. The maximum absolute atomic E-state index is 13.7. The molecule has 2 aliphatic heterocycles. The molecule has 34 heavy (non-hydrogen) atoms. The van der Waals surface area contributed by atoms with Crippen LogP contribution in [0, 0.1) is 5.92 Å². The first-order valence-corrected chi connectivity index (χ1v) is 13.9. The van der Waals surface area contributed by atoms with E-state index in [2.05, 4.69) is 55.3 Å². The lowest BCUT2D eigenvalue weighted by molar-refractivity contribution is -0.162. The van der Waals surface area contributed by atoms with E-state index in [0.29, 0.717) is 18.4 Å². The Morgan fingerprint density at radius 2 is 1.71 bits per heavy atom. The van der Waals surface area contributed by atoms with E-state index in [1.54, 1.807) is 0 Å². The molecule has 1 atom stereocenters. The molecule has 1 aliphatic carbocycles. The zero-order valence-electron chi connectivity index (χ0n) is 21.7. The van der Waals surface area contributed by atoms with Gasteiger partial charge < -0.3 is 10.2 Å². The van der Waals surface area contributed by atoms with Gasteiger partial charge in [0.05, 0.1) is 0 Å². The predicted molar refractivity (Wildman–Crippen MR) is 138 cm³/mol. The van der Waals surface area contributed by atoms with Gasteiger partial charge >= 0.3 is 0 Å². The number of carbonyl (C=O) groups is 2. The van der Waals surface area contributed by atoms with Crippen LogP contribution < -0.4 is 5.32 Å². The smallest absolute Gasteiger partial charge is 0.246 e. The van der Waals surface area contributed by atoms with Crippen LogP contribution in [0.4, 0.5) is 0 Å². The van der Waals surface area contributed by atoms with Crippen molar-refractivity contribution in [3.05, 3.63) is 35.4 Å². The van der Waals surface area contributed by atoms with Gasteiger partial charge in [-0.3, -0.25) is 14.5 Å². The Balaban J connectivity index is 1.42. The van der Waals surface area contributed by atoms with Gasteiger partial charge in [-0.15, -0.1) is 0 Å². The minimum atomic E-state index is -0.659. The molecule has 5 heteroatoms. The van der Waals surface area contributed by atoms with E-state index in [0.717, 1.165) is 51.7 Å². The molecule has 2 heterocycles. The van der Waals surface area contributed by atoms with Crippen LogP contribution in [0.25, 0.3) is 0 Å². The number of hydrogen-bond donors (Lipinski definition) is 1. The highest BCUT2D eigenvalue weighted by Gasteiger charge is 2.53. The van der Waals surface area contributed by atoms with Crippen molar-refractivity contribution in [1.82, 2.24) is 15.1 Å². The number of nitrogens with one attached hydrogen (secondary N) is 1. The number of carbonyl (C=O) groups excluding carboxylic acids is 2. The van der Waals surface area contributed by atoms with Crippen LogP contribution in [0.15, 0.2) is 24.3 Å². The maximum atomic E-state index is 13.7. The van der Waals surface area contributed by atoms with Gasteiger partial charge in [0.2, 0.25) is 11.8 Å². The highest BCUT2D eigenvalue weighted by Crippen LogP contribution is 2.36. The van der Waals surface area contributed by atoms with Crippen molar-refractivity contribution < 1.29 is 9.59 Å². The number of unbranched alkanes of at least 4 members (excludes halogenated alkanes) is 1. The largest absolute Gasteiger partial charge is 0.342 e. The monoisotopic (exact) mass is 467 g/mol. The molecular weight excluding hydrogens is 422 g/mol. The van der Waals surface area contributed by atoms with Crippen LogP contribution >= 0.6 is 0 Å². The third-order valence-corrected chi connectivity index (χ3v) is 8.57. The molecule has 0 bridgehead atoms. The van der Waals surface area contributed by atoms with Gasteiger partial charge in [0.25, 0.3) is 0 Å². The molecule has 3 fully saturated rings. The highest BCUT2D eigenvalue weighted by atomic mass is 16.2. The van der Waals surface area contributed by atoms with E-state index in [9.17, 15) is 9.59 Å². The second-order valence-electron chi connectivity index (χ2n) is 11.3. The van der Waals surface area contributed by atoms with Crippen LogP contribution in [0.2, 0.25) is 0 Å². The zero-order valence-corrected chi connectivity index (χ0v) is 21.7. The SMILES string of the molecule is CCCCN1C(=O)C(CC2CCCCC2)NC(=O)C12CCN(Cc1ccc(C(C)C)cc1)CC2. The molecule has 1 saturated carbocycles. The molecule has 4 rings (SSSR count). The summed E-state index contributed by atoms with van der Waals surface area (Å²) in [6.45, 7) is 9.92. The van der Waals surface area contributed by atoms with Crippen LogP contribution in [0.1, 0.15) is 102 Å². The van der Waals surface area contributed by atoms with Gasteiger partial charge in [-0.25, -0.2) is 0 Å². The number of piperidine rings is 1. The molecule has 0 aromatic heterocycles. The summed E-state index contributed by atoms with van der Waals surface area (Å²) in [6.07, 6.45) is 10.5. The van der Waals surface area contributed by atoms with Crippen LogP contribution in [-0.4, -0.2) is 52.8 Å². The number of rotatable bonds is 8. The molecule has 1 spiro atoms. The number of likely N-dealkylation sites (tertiary alicyclic amines) is 1. The van der Waals surface area contributed by atoms with Gasteiger partial charge in [0.15, 0.2) is 0 Å². The number of benzene rings is 1. The number of piperazine rings is 1. The van der Waals surface area contributed by atoms with E-state index < -0.39 is 5.54 Å². The van der Waals surface area contributed by atoms with Crippen LogP contribution in [0.5, 0.6) is 0 Å². The summed E-state index contributed by atoms with van der Waals surface area (Å²) in [4.78, 5) is 31.7. The van der Waals surface area contributed by atoms with Crippen LogP contribution in [-0.2, 0) is 16.1 Å². The molecule has 0 radical (unpaired) electrons. The van der Waals surface area contributed by atoms with Crippen molar-refractivity contribution in [3.8, 4) is 0 Å². The van der Waals surface area contributed by atoms with Gasteiger partial charge in [0.1, 0.15) is 11.6 Å². The summed E-state index contributed by atoms with van der Waals surface area (Å²) in [5.74, 6) is 1.40. The fourth-order valence-electron chi connectivity index (χ4n) is 6.28. The molecular formula is C29H45N3O2. The average molecular weight is 468 g/mol. The first-order chi connectivity index (χ1) is 16.4. The Kier molecular flexibility index (Phi) is 8.34. The topological polar surface area (TPSA) is 52.7 Å². The van der Waals surface area contributed by atoms with Crippen molar-refractivity contribution in [3.63, 3.8) is 0 Å². The Morgan fingerprint density at radius 1 is 1.03 bits per heavy atom. The third kappa shape index (κ3) is 5.50. The maximum Gasteiger partial charge on any atom is 0.246 e. The summed E-state index contributed by atoms with van der Waals surface area (Å²) in [5, 5.41) is 3.21. The Morgan fingerprint density at radius 3 is 2.32 bits per heavy atom. The molecule has 5 nitrogen and oxygen atoms in total. The molecule has 2 saturated heterocycles. The summed E-state index contributed by atoms with van der Waals surface area (Å²) in [7, 11) is 0. The second kappa shape index (κ2) is 11.2. The van der Waals surface area contributed by atoms with Crippen molar-refractivity contribution in [2.45, 2.75) is 109 Å². The van der Waals surface area contributed by atoms with E-state index in [1.165, 1.54) is 43.2 Å². The van der Waals surface area contributed by atoms with Crippen molar-refractivity contribution in [2.75, 3.05) is 19.6 Å². The first-order valence-electron chi connectivity index (χ1n) is 13.9. The lowest BCUT2D eigenvalue weighted by atomic mass is 9.79. The Labute approximate surface area is 206 Å². The highest BCUT2D eigenvalue weighted by molar-refractivity contribution is 6.00. The van der Waals surface area contributed by atoms with E-state index >= 15 is 0 Å². The fourth-order valence-corrected chi connectivity index (χ4v) is 6.28. The standard InChI is InChI=1S/C29H45N3O2/c1-4-5-17-32-27(33)26(20-23-9-7-6-8-10-23)30-28(34)29(32)15-18-31(19-16-29)21-24-11-13-25(14-12-24)22(2)3/h11-14,22-23,26H,4-10,15-21H2,1-3H3,(H,30,34).